The largest absolute Gasteiger partial charge is 1.00 e. The number of aromatic nitrogens is 1. The molecule has 3 fully saturated rings. The molecule has 5 rings (SSSR count). The first-order valence-electron chi connectivity index (χ1n) is 8.61. The first-order chi connectivity index (χ1) is 12.4. The van der Waals surface area contributed by atoms with Gasteiger partial charge in [-0.15, -0.1) is 11.3 Å². The number of nitrogens with zero attached hydrogens (tertiary/aromatic N) is 2. The van der Waals surface area contributed by atoms with E-state index in [0.29, 0.717) is 4.88 Å². The monoisotopic (exact) mass is 459 g/mol. The van der Waals surface area contributed by atoms with E-state index in [1.54, 1.807) is 0 Å². The summed E-state index contributed by atoms with van der Waals surface area (Å²) in [5.41, 5.74) is 1.30. The molecule has 0 saturated carbocycles. The fourth-order valence-corrected chi connectivity index (χ4v) is 4.57. The maximum atomic E-state index is 14.1. The molecule has 3 aliphatic heterocycles. The van der Waals surface area contributed by atoms with Gasteiger partial charge >= 0.3 is 6.09 Å². The molecule has 9 heteroatoms. The van der Waals surface area contributed by atoms with E-state index in [9.17, 15) is 13.6 Å². The van der Waals surface area contributed by atoms with Crippen molar-refractivity contribution in [2.75, 3.05) is 32.0 Å². The van der Waals surface area contributed by atoms with Crippen molar-refractivity contribution in [3.8, 4) is 10.4 Å². The highest BCUT2D eigenvalue weighted by Gasteiger charge is 2.49. The molecular weight excluding hydrogens is 440 g/mol. The summed E-state index contributed by atoms with van der Waals surface area (Å²) in [6.07, 6.45) is 1.99. The van der Waals surface area contributed by atoms with Gasteiger partial charge in [0.05, 0.1) is 37.1 Å². The number of fused-ring (bicyclic) bond motifs is 3. The average Bonchev–Trinajstić information content (AvgIpc) is 3.04. The molecule has 5 nitrogen and oxygen atoms in total. The van der Waals surface area contributed by atoms with Gasteiger partial charge in [0, 0.05) is 30.9 Å². The molecule has 4 heterocycles. The van der Waals surface area contributed by atoms with Crippen molar-refractivity contribution in [3.05, 3.63) is 35.3 Å². The zero-order chi connectivity index (χ0) is 18.4. The molecular formula is C18H20BrF2N3O2S. The number of piperidine rings is 3. The van der Waals surface area contributed by atoms with Crippen LogP contribution < -0.4 is 22.3 Å². The Balaban J connectivity index is 0.00000210. The Morgan fingerprint density at radius 3 is 2.56 bits per heavy atom. The van der Waals surface area contributed by atoms with Crippen LogP contribution >= 0.6 is 11.3 Å². The van der Waals surface area contributed by atoms with Gasteiger partial charge in [0.1, 0.15) is 17.2 Å². The summed E-state index contributed by atoms with van der Waals surface area (Å²) in [7, 11) is 2.24. The summed E-state index contributed by atoms with van der Waals surface area (Å²) in [6, 6.07) is 3.34. The van der Waals surface area contributed by atoms with Gasteiger partial charge in [0.25, 0.3) is 0 Å². The van der Waals surface area contributed by atoms with Crippen LogP contribution in [-0.2, 0) is 4.74 Å². The molecule has 0 unspecified atom stereocenters. The van der Waals surface area contributed by atoms with E-state index in [1.165, 1.54) is 29.0 Å². The van der Waals surface area contributed by atoms with Gasteiger partial charge in [0.2, 0.25) is 0 Å². The van der Waals surface area contributed by atoms with E-state index in [4.69, 9.17) is 4.74 Å². The molecule has 2 aromatic rings. The molecule has 3 aliphatic rings. The summed E-state index contributed by atoms with van der Waals surface area (Å²) < 4.78 is 34.0. The highest BCUT2D eigenvalue weighted by molar-refractivity contribution is 7.13. The second-order valence-corrected chi connectivity index (χ2v) is 8.25. The van der Waals surface area contributed by atoms with E-state index in [2.05, 4.69) is 17.3 Å². The number of halogens is 3. The molecule has 146 valence electrons. The number of amides is 1. The lowest BCUT2D eigenvalue weighted by atomic mass is 9.81. The van der Waals surface area contributed by atoms with Crippen LogP contribution in [-0.4, -0.2) is 47.8 Å². The fraction of sp³-hybridized carbons (Fsp3) is 0.444. The summed E-state index contributed by atoms with van der Waals surface area (Å²) in [5, 5.41) is 2.64. The van der Waals surface area contributed by atoms with Crippen molar-refractivity contribution < 1.29 is 39.8 Å². The Hall–Kier alpha value is -1.58. The Kier molecular flexibility index (Phi) is 5.56. The summed E-state index contributed by atoms with van der Waals surface area (Å²) in [6.45, 7) is 3.03. The second-order valence-electron chi connectivity index (χ2n) is 7.39. The molecule has 1 amide bonds. The van der Waals surface area contributed by atoms with Crippen molar-refractivity contribution in [2.45, 2.75) is 24.9 Å². The zero-order valence-corrected chi connectivity index (χ0v) is 17.2. The lowest BCUT2D eigenvalue weighted by molar-refractivity contribution is -0.926. The number of hydrogen-bond acceptors (Lipinski definition) is 4. The smallest absolute Gasteiger partial charge is 0.413 e. The summed E-state index contributed by atoms with van der Waals surface area (Å²) in [4.78, 5) is 17.0. The number of ether oxygens (including phenoxy) is 1. The Morgan fingerprint density at radius 2 is 1.93 bits per heavy atom. The number of nitrogens with one attached hydrogen (secondary N) is 1. The van der Waals surface area contributed by atoms with Crippen LogP contribution in [0.25, 0.3) is 10.4 Å². The van der Waals surface area contributed by atoms with Crippen molar-refractivity contribution in [1.29, 1.82) is 0 Å². The van der Waals surface area contributed by atoms with Crippen molar-refractivity contribution in [3.63, 3.8) is 0 Å². The summed E-state index contributed by atoms with van der Waals surface area (Å²) in [5.74, 6) is -1.11. The Bertz CT molecular complexity index is 836. The standard InChI is InChI=1S/C18H19F2N3O2S.BrH/c1-23-7-4-18(5-8-23,6-9-23)25-17(24)22-16-15(26-11-21-16)13-3-2-12(19)10-14(13)20;/h2-3,10-11H,4-9H2,1H3;1H. The molecule has 0 radical (unpaired) electrons. The SMILES string of the molecule is C[N+]12CCC(OC(=O)Nc3ncsc3-c3ccc(F)cc3F)(CC1)CC2.[Br-]. The van der Waals surface area contributed by atoms with Crippen molar-refractivity contribution in [2.24, 2.45) is 0 Å². The minimum Gasteiger partial charge on any atom is -1.00 e. The number of anilines is 1. The number of carbonyl (C=O) groups is 1. The number of thiazole rings is 1. The van der Waals surface area contributed by atoms with Gasteiger partial charge in [-0.2, -0.15) is 0 Å². The zero-order valence-electron chi connectivity index (χ0n) is 14.8. The van der Waals surface area contributed by atoms with Gasteiger partial charge in [0.15, 0.2) is 5.82 Å². The van der Waals surface area contributed by atoms with E-state index < -0.39 is 23.3 Å². The third-order valence-corrected chi connectivity index (χ3v) is 6.45. The highest BCUT2D eigenvalue weighted by Crippen LogP contribution is 2.39. The highest BCUT2D eigenvalue weighted by atomic mass is 79.9. The fourth-order valence-electron chi connectivity index (χ4n) is 3.80. The predicted octanol–water partition coefficient (Wildman–Crippen LogP) is 1.02. The third kappa shape index (κ3) is 4.00. The topological polar surface area (TPSA) is 51.2 Å². The summed E-state index contributed by atoms with van der Waals surface area (Å²) >= 11 is 1.18. The van der Waals surface area contributed by atoms with Crippen LogP contribution in [0.2, 0.25) is 0 Å². The molecule has 0 spiro atoms. The van der Waals surface area contributed by atoms with Gasteiger partial charge in [-0.05, 0) is 12.1 Å². The quantitative estimate of drug-likeness (QED) is 0.697. The maximum absolute atomic E-state index is 14.1. The van der Waals surface area contributed by atoms with E-state index in [1.807, 2.05) is 0 Å². The molecule has 3 saturated heterocycles. The second kappa shape index (κ2) is 7.44. The average molecular weight is 460 g/mol. The van der Waals surface area contributed by atoms with Gasteiger partial charge in [-0.25, -0.2) is 18.6 Å². The first kappa shape index (κ1) is 20.2. The third-order valence-electron chi connectivity index (χ3n) is 5.59. The molecule has 27 heavy (non-hydrogen) atoms. The molecule has 0 atom stereocenters. The molecule has 1 aromatic heterocycles. The predicted molar refractivity (Wildman–Crippen MR) is 94.9 cm³/mol. The lowest BCUT2D eigenvalue weighted by Gasteiger charge is -2.51. The van der Waals surface area contributed by atoms with Gasteiger partial charge < -0.3 is 26.2 Å². The Morgan fingerprint density at radius 1 is 1.26 bits per heavy atom. The first-order valence-corrected chi connectivity index (χ1v) is 9.49. The van der Waals surface area contributed by atoms with E-state index in [-0.39, 0.29) is 28.4 Å². The van der Waals surface area contributed by atoms with Crippen LogP contribution in [0.5, 0.6) is 0 Å². The van der Waals surface area contributed by atoms with E-state index in [0.717, 1.165) is 49.4 Å². The molecule has 1 N–H and O–H groups in total. The Labute approximate surface area is 170 Å². The number of rotatable bonds is 3. The van der Waals surface area contributed by atoms with Crippen molar-refractivity contribution >= 4 is 23.2 Å². The maximum Gasteiger partial charge on any atom is 0.413 e. The number of benzene rings is 1. The number of quaternary nitrogens is 1. The normalized spacial score (nSPS) is 26.3. The molecule has 0 aliphatic carbocycles. The van der Waals surface area contributed by atoms with Crippen LogP contribution in [0.15, 0.2) is 23.7 Å². The minimum absolute atomic E-state index is 0. The van der Waals surface area contributed by atoms with Crippen LogP contribution in [0.4, 0.5) is 19.4 Å². The number of hydrogen-bond donors (Lipinski definition) is 1. The lowest BCUT2D eigenvalue weighted by Crippen LogP contribution is -3.00. The van der Waals surface area contributed by atoms with Crippen LogP contribution in [0.1, 0.15) is 19.3 Å². The van der Waals surface area contributed by atoms with Crippen LogP contribution in [0, 0.1) is 11.6 Å². The van der Waals surface area contributed by atoms with Gasteiger partial charge in [-0.3, -0.25) is 5.32 Å². The number of carbonyl (C=O) groups excluding carboxylic acids is 1. The van der Waals surface area contributed by atoms with Crippen LogP contribution in [0.3, 0.4) is 0 Å². The van der Waals surface area contributed by atoms with Gasteiger partial charge in [-0.1, -0.05) is 0 Å². The molecule has 2 bridgehead atoms. The molecule has 1 aromatic carbocycles. The minimum atomic E-state index is -0.694. The van der Waals surface area contributed by atoms with Crippen molar-refractivity contribution in [1.82, 2.24) is 4.98 Å². The van der Waals surface area contributed by atoms with E-state index >= 15 is 0 Å².